The molecule has 33 heavy (non-hydrogen) atoms. The third-order valence-electron chi connectivity index (χ3n) is 5.74. The summed E-state index contributed by atoms with van der Waals surface area (Å²) in [7, 11) is 0. The van der Waals surface area contributed by atoms with Gasteiger partial charge in [0, 0.05) is 11.3 Å². The molecule has 0 aromatic heterocycles. The first-order chi connectivity index (χ1) is 15.8. The number of Topliss-reactive ketones (excluding diaryl/α,β-unsaturated/α-hetero) is 1. The van der Waals surface area contributed by atoms with Gasteiger partial charge in [0.2, 0.25) is 11.8 Å². The molecule has 1 aliphatic heterocycles. The molecule has 4 rings (SSSR count). The molecular weight excluding hydrogens is 414 g/mol. The molecule has 0 fully saturated rings. The molecule has 0 unspecified atom stereocenters. The molecule has 3 aromatic rings. The Morgan fingerprint density at radius 3 is 2.52 bits per heavy atom. The first-order valence-corrected chi connectivity index (χ1v) is 10.8. The van der Waals surface area contributed by atoms with Gasteiger partial charge in [0.15, 0.2) is 5.78 Å². The summed E-state index contributed by atoms with van der Waals surface area (Å²) in [6.07, 6.45) is 0.0876. The van der Waals surface area contributed by atoms with Crippen LogP contribution in [-0.4, -0.2) is 29.9 Å². The van der Waals surface area contributed by atoms with E-state index in [-0.39, 0.29) is 30.6 Å². The predicted octanol–water partition coefficient (Wildman–Crippen LogP) is 5.00. The molecule has 2 amide bonds. The Bertz CT molecular complexity index is 1290. The number of nitrogens with one attached hydrogen (secondary N) is 1. The average molecular weight is 440 g/mol. The quantitative estimate of drug-likeness (QED) is 0.568. The van der Waals surface area contributed by atoms with E-state index in [2.05, 4.69) is 5.32 Å². The highest BCUT2D eigenvalue weighted by Crippen LogP contribution is 2.33. The number of para-hydroxylation sites is 2. The van der Waals surface area contributed by atoms with Gasteiger partial charge >= 0.3 is 0 Å². The van der Waals surface area contributed by atoms with Crippen molar-refractivity contribution in [3.05, 3.63) is 89.0 Å². The molecule has 0 spiro atoms. The highest BCUT2D eigenvalue weighted by atomic mass is 16.2. The van der Waals surface area contributed by atoms with E-state index in [0.717, 1.165) is 11.1 Å². The van der Waals surface area contributed by atoms with Gasteiger partial charge in [-0.2, -0.15) is 0 Å². The number of benzene rings is 3. The van der Waals surface area contributed by atoms with Crippen LogP contribution in [0.5, 0.6) is 0 Å². The number of ketones is 1. The van der Waals surface area contributed by atoms with E-state index in [4.69, 9.17) is 4.99 Å². The second-order valence-corrected chi connectivity index (χ2v) is 8.19. The maximum atomic E-state index is 13.3. The minimum atomic E-state index is -0.353. The van der Waals surface area contributed by atoms with Gasteiger partial charge in [0.05, 0.1) is 23.5 Å². The minimum Gasteiger partial charge on any atom is -0.325 e. The van der Waals surface area contributed by atoms with E-state index < -0.39 is 0 Å². The minimum absolute atomic E-state index is 0.0845. The van der Waals surface area contributed by atoms with Crippen LogP contribution in [0.4, 0.5) is 17.1 Å². The lowest BCUT2D eigenvalue weighted by Crippen LogP contribution is -2.38. The number of carbonyl (C=O) groups is 3. The molecule has 0 atom stereocenters. The van der Waals surface area contributed by atoms with Crippen LogP contribution in [0.2, 0.25) is 0 Å². The van der Waals surface area contributed by atoms with E-state index in [1.165, 1.54) is 17.4 Å². The Hall–Kier alpha value is -4.06. The molecule has 6 nitrogen and oxygen atoms in total. The maximum absolute atomic E-state index is 13.3. The van der Waals surface area contributed by atoms with Crippen molar-refractivity contribution >= 4 is 40.4 Å². The van der Waals surface area contributed by atoms with Crippen molar-refractivity contribution in [2.24, 2.45) is 4.99 Å². The number of amides is 2. The van der Waals surface area contributed by atoms with Crippen LogP contribution in [0.3, 0.4) is 0 Å². The topological polar surface area (TPSA) is 78.8 Å². The maximum Gasteiger partial charge on any atom is 0.244 e. The van der Waals surface area contributed by atoms with Crippen molar-refractivity contribution in [3.8, 4) is 0 Å². The second-order valence-electron chi connectivity index (χ2n) is 8.19. The average Bonchev–Trinajstić information content (AvgIpc) is 2.92. The van der Waals surface area contributed by atoms with Gasteiger partial charge in [0.25, 0.3) is 0 Å². The zero-order chi connectivity index (χ0) is 23.5. The van der Waals surface area contributed by atoms with E-state index in [1.807, 2.05) is 50.2 Å². The van der Waals surface area contributed by atoms with Crippen molar-refractivity contribution < 1.29 is 14.4 Å². The first-order valence-electron chi connectivity index (χ1n) is 10.8. The molecule has 0 radical (unpaired) electrons. The fourth-order valence-corrected chi connectivity index (χ4v) is 3.77. The van der Waals surface area contributed by atoms with Crippen molar-refractivity contribution in [3.63, 3.8) is 0 Å². The number of nitrogens with zero attached hydrogens (tertiary/aromatic N) is 2. The van der Waals surface area contributed by atoms with E-state index in [0.29, 0.717) is 28.3 Å². The summed E-state index contributed by atoms with van der Waals surface area (Å²) in [4.78, 5) is 44.0. The summed E-state index contributed by atoms with van der Waals surface area (Å²) in [5.41, 5.74) is 6.12. The zero-order valence-corrected chi connectivity index (χ0v) is 18.9. The smallest absolute Gasteiger partial charge is 0.244 e. The molecule has 1 aliphatic rings. The number of hydrogen-bond donors (Lipinski definition) is 1. The molecule has 3 aromatic carbocycles. The molecule has 6 heteroatoms. The van der Waals surface area contributed by atoms with Crippen LogP contribution in [-0.2, 0) is 9.59 Å². The fraction of sp³-hybridized carbons (Fsp3) is 0.185. The monoisotopic (exact) mass is 439 g/mol. The zero-order valence-electron chi connectivity index (χ0n) is 18.9. The van der Waals surface area contributed by atoms with Gasteiger partial charge in [-0.3, -0.25) is 19.4 Å². The summed E-state index contributed by atoms with van der Waals surface area (Å²) < 4.78 is 0. The lowest BCUT2D eigenvalue weighted by atomic mass is 10.0. The van der Waals surface area contributed by atoms with Crippen molar-refractivity contribution in [1.29, 1.82) is 0 Å². The highest BCUT2D eigenvalue weighted by Gasteiger charge is 2.26. The number of hydrogen-bond acceptors (Lipinski definition) is 4. The molecular formula is C27H25N3O3. The first kappa shape index (κ1) is 22.1. The van der Waals surface area contributed by atoms with Gasteiger partial charge in [-0.05, 0) is 67.8 Å². The normalized spacial score (nSPS) is 13.1. The standard InChI is InChI=1S/C27H25N3O3/c1-17-11-12-21(13-18(17)2)24-15-27(33)30(25-10-5-4-9-23(25)29-24)16-26(32)28-22-8-6-7-20(14-22)19(3)31/h4-14H,15-16H2,1-3H3,(H,28,32). The Morgan fingerprint density at radius 1 is 0.970 bits per heavy atom. The van der Waals surface area contributed by atoms with Crippen molar-refractivity contribution in [2.75, 3.05) is 16.8 Å². The Balaban J connectivity index is 1.60. The lowest BCUT2D eigenvalue weighted by molar-refractivity contribution is -0.120. The van der Waals surface area contributed by atoms with Crippen LogP contribution in [0.25, 0.3) is 0 Å². The van der Waals surface area contributed by atoms with Crippen LogP contribution in [0, 0.1) is 13.8 Å². The van der Waals surface area contributed by atoms with Crippen LogP contribution in [0.1, 0.15) is 40.4 Å². The highest BCUT2D eigenvalue weighted by molar-refractivity contribution is 6.19. The third-order valence-corrected chi connectivity index (χ3v) is 5.74. The molecule has 0 aliphatic carbocycles. The van der Waals surface area contributed by atoms with Crippen LogP contribution >= 0.6 is 0 Å². The summed E-state index contributed by atoms with van der Waals surface area (Å²) in [6, 6.07) is 20.1. The van der Waals surface area contributed by atoms with Gasteiger partial charge in [0.1, 0.15) is 6.54 Å². The Morgan fingerprint density at radius 2 is 1.76 bits per heavy atom. The third kappa shape index (κ3) is 4.90. The van der Waals surface area contributed by atoms with E-state index >= 15 is 0 Å². The molecule has 1 N–H and O–H groups in total. The number of fused-ring (bicyclic) bond motifs is 1. The number of anilines is 2. The van der Waals surface area contributed by atoms with Gasteiger partial charge in [-0.15, -0.1) is 0 Å². The second kappa shape index (κ2) is 9.20. The molecule has 166 valence electrons. The molecule has 0 saturated carbocycles. The Labute approximate surface area is 193 Å². The summed E-state index contributed by atoms with van der Waals surface area (Å²) in [5.74, 6) is -0.642. The van der Waals surface area contributed by atoms with Crippen LogP contribution in [0.15, 0.2) is 71.7 Å². The van der Waals surface area contributed by atoms with E-state index in [9.17, 15) is 14.4 Å². The number of rotatable bonds is 5. The summed E-state index contributed by atoms with van der Waals surface area (Å²) >= 11 is 0. The molecule has 0 bridgehead atoms. The van der Waals surface area contributed by atoms with Crippen LogP contribution < -0.4 is 10.2 Å². The number of aryl methyl sites for hydroxylation is 2. The predicted molar refractivity (Wildman–Crippen MR) is 131 cm³/mol. The summed E-state index contributed by atoms with van der Waals surface area (Å²) in [6.45, 7) is 5.39. The van der Waals surface area contributed by atoms with Gasteiger partial charge in [-0.1, -0.05) is 36.4 Å². The van der Waals surface area contributed by atoms with Crippen molar-refractivity contribution in [2.45, 2.75) is 27.2 Å². The van der Waals surface area contributed by atoms with Gasteiger partial charge < -0.3 is 10.2 Å². The summed E-state index contributed by atoms with van der Waals surface area (Å²) in [5, 5.41) is 2.79. The SMILES string of the molecule is CC(=O)c1cccc(NC(=O)CN2C(=O)CC(c3ccc(C)c(C)c3)=Nc3ccccc32)c1. The largest absolute Gasteiger partial charge is 0.325 e. The number of carbonyl (C=O) groups excluding carboxylic acids is 3. The van der Waals surface area contributed by atoms with Gasteiger partial charge in [-0.25, -0.2) is 0 Å². The van der Waals surface area contributed by atoms with E-state index in [1.54, 1.807) is 30.3 Å². The molecule has 0 saturated heterocycles. The fourth-order valence-electron chi connectivity index (χ4n) is 3.77. The lowest BCUT2D eigenvalue weighted by Gasteiger charge is -2.22. The Kier molecular flexibility index (Phi) is 6.18. The molecule has 1 heterocycles. The number of aliphatic imine (C=N–C) groups is 1. The van der Waals surface area contributed by atoms with Crippen molar-refractivity contribution in [1.82, 2.24) is 0 Å².